The van der Waals surface area contributed by atoms with Gasteiger partial charge in [0.15, 0.2) is 0 Å². The lowest BCUT2D eigenvalue weighted by Gasteiger charge is -2.16. The molecular formula is C10H15N3O3. The molecule has 4 N–H and O–H groups in total. The predicted octanol–water partition coefficient (Wildman–Crippen LogP) is -0.870. The van der Waals surface area contributed by atoms with E-state index in [-0.39, 0.29) is 24.4 Å². The monoisotopic (exact) mass is 225 g/mol. The Hall–Kier alpha value is -1.40. The molecule has 6 nitrogen and oxygen atoms in total. The summed E-state index contributed by atoms with van der Waals surface area (Å²) in [5.41, 5.74) is 4.93. The Labute approximate surface area is 92.4 Å². The maximum Gasteiger partial charge on any atom is 0.349 e. The fraction of sp³-hybridized carbons (Fsp3) is 0.600. The Balaban J connectivity index is 2.28. The van der Waals surface area contributed by atoms with Gasteiger partial charge < -0.3 is 15.9 Å². The van der Waals surface area contributed by atoms with E-state index in [2.05, 4.69) is 4.98 Å². The molecule has 16 heavy (non-hydrogen) atoms. The van der Waals surface area contributed by atoms with E-state index in [1.807, 2.05) is 0 Å². The van der Waals surface area contributed by atoms with Crippen LogP contribution in [0.3, 0.4) is 0 Å². The van der Waals surface area contributed by atoms with E-state index in [1.165, 1.54) is 16.8 Å². The number of aromatic nitrogens is 2. The van der Waals surface area contributed by atoms with Gasteiger partial charge in [0.05, 0.1) is 12.1 Å². The molecule has 1 aromatic rings. The zero-order valence-corrected chi connectivity index (χ0v) is 8.78. The molecular weight excluding hydrogens is 210 g/mol. The molecule has 0 spiro atoms. The van der Waals surface area contributed by atoms with Crippen molar-refractivity contribution < 1.29 is 10.2 Å². The highest BCUT2D eigenvalue weighted by atomic mass is 16.3. The van der Waals surface area contributed by atoms with Gasteiger partial charge in [0.2, 0.25) is 0 Å². The van der Waals surface area contributed by atoms with Crippen molar-refractivity contribution in [1.82, 2.24) is 9.55 Å². The molecule has 1 fully saturated rings. The first-order valence-corrected chi connectivity index (χ1v) is 5.25. The zero-order valence-electron chi connectivity index (χ0n) is 8.78. The van der Waals surface area contributed by atoms with Crippen molar-refractivity contribution in [2.45, 2.75) is 25.0 Å². The third-order valence-electron chi connectivity index (χ3n) is 3.06. The minimum Gasteiger partial charge on any atom is -0.396 e. The number of nitrogens with two attached hydrogens (primary N) is 1. The second-order valence-electron chi connectivity index (χ2n) is 4.20. The van der Waals surface area contributed by atoms with Gasteiger partial charge in [0, 0.05) is 12.8 Å². The summed E-state index contributed by atoms with van der Waals surface area (Å²) in [6.45, 7) is 0.0325. The summed E-state index contributed by atoms with van der Waals surface area (Å²) in [6, 6.07) is 1.22. The number of rotatable bonds is 2. The number of nitrogens with zero attached hydrogens (tertiary/aromatic N) is 2. The molecule has 0 amide bonds. The molecule has 88 valence electrons. The van der Waals surface area contributed by atoms with Crippen molar-refractivity contribution in [3.63, 3.8) is 0 Å². The maximum absolute atomic E-state index is 11.6. The largest absolute Gasteiger partial charge is 0.396 e. The quantitative estimate of drug-likeness (QED) is 0.607. The van der Waals surface area contributed by atoms with Crippen LogP contribution in [0, 0.1) is 5.92 Å². The molecule has 0 saturated heterocycles. The molecule has 1 saturated carbocycles. The molecule has 2 rings (SSSR count). The number of aliphatic hydroxyl groups excluding tert-OH is 2. The third-order valence-corrected chi connectivity index (χ3v) is 3.06. The van der Waals surface area contributed by atoms with Gasteiger partial charge in [-0.1, -0.05) is 0 Å². The van der Waals surface area contributed by atoms with Crippen LogP contribution in [0.5, 0.6) is 0 Å². The number of hydrogen-bond acceptors (Lipinski definition) is 5. The number of hydrogen-bond donors (Lipinski definition) is 3. The van der Waals surface area contributed by atoms with Crippen LogP contribution in [-0.2, 0) is 0 Å². The minimum absolute atomic E-state index is 0.0325. The first-order chi connectivity index (χ1) is 7.61. The topological polar surface area (TPSA) is 101 Å². The van der Waals surface area contributed by atoms with Gasteiger partial charge in [-0.05, 0) is 24.8 Å². The normalized spacial score (nSPS) is 29.5. The van der Waals surface area contributed by atoms with E-state index >= 15 is 0 Å². The van der Waals surface area contributed by atoms with Crippen molar-refractivity contribution >= 4 is 5.82 Å². The van der Waals surface area contributed by atoms with E-state index < -0.39 is 11.8 Å². The summed E-state index contributed by atoms with van der Waals surface area (Å²) in [5.74, 6) is 0.219. The van der Waals surface area contributed by atoms with Gasteiger partial charge in [0.1, 0.15) is 5.82 Å². The standard InChI is InChI=1S/C10H15N3O3/c11-9-1-2-13(10(16)12-9)7-3-6(5-14)4-8(7)15/h1-2,6-8,14-15H,3-5H2,(H2,11,12,16). The van der Waals surface area contributed by atoms with Crippen molar-refractivity contribution in [3.8, 4) is 0 Å². The van der Waals surface area contributed by atoms with Crippen molar-refractivity contribution in [2.24, 2.45) is 5.92 Å². The van der Waals surface area contributed by atoms with Crippen LogP contribution >= 0.6 is 0 Å². The summed E-state index contributed by atoms with van der Waals surface area (Å²) in [7, 11) is 0. The molecule has 6 heteroatoms. The molecule has 3 unspecified atom stereocenters. The Bertz CT molecular complexity index is 432. The number of nitrogen functional groups attached to an aromatic ring is 1. The molecule has 0 aliphatic heterocycles. The van der Waals surface area contributed by atoms with Crippen LogP contribution in [0.1, 0.15) is 18.9 Å². The number of aliphatic hydroxyl groups is 2. The average molecular weight is 225 g/mol. The molecule has 1 aliphatic rings. The Kier molecular flexibility index (Phi) is 2.93. The lowest BCUT2D eigenvalue weighted by Crippen LogP contribution is -2.30. The molecule has 0 aromatic carbocycles. The van der Waals surface area contributed by atoms with Gasteiger partial charge in [-0.3, -0.25) is 4.57 Å². The Morgan fingerprint density at radius 3 is 2.88 bits per heavy atom. The molecule has 0 radical (unpaired) electrons. The van der Waals surface area contributed by atoms with Crippen LogP contribution < -0.4 is 11.4 Å². The third kappa shape index (κ3) is 1.94. The SMILES string of the molecule is Nc1ccn(C2CC(CO)CC2O)c(=O)n1. The zero-order chi connectivity index (χ0) is 11.7. The summed E-state index contributed by atoms with van der Waals surface area (Å²) in [6.07, 6.45) is 2.03. The predicted molar refractivity (Wildman–Crippen MR) is 57.8 cm³/mol. The second-order valence-corrected chi connectivity index (χ2v) is 4.20. The van der Waals surface area contributed by atoms with Gasteiger partial charge in [-0.25, -0.2) is 4.79 Å². The Morgan fingerprint density at radius 1 is 1.56 bits per heavy atom. The molecule has 1 heterocycles. The van der Waals surface area contributed by atoms with E-state index in [4.69, 9.17) is 10.8 Å². The highest BCUT2D eigenvalue weighted by Crippen LogP contribution is 2.33. The number of anilines is 1. The van der Waals surface area contributed by atoms with E-state index in [0.29, 0.717) is 12.8 Å². The molecule has 3 atom stereocenters. The van der Waals surface area contributed by atoms with Crippen molar-refractivity contribution in [3.05, 3.63) is 22.7 Å². The average Bonchev–Trinajstić information content (AvgIpc) is 2.60. The van der Waals surface area contributed by atoms with Crippen molar-refractivity contribution in [1.29, 1.82) is 0 Å². The van der Waals surface area contributed by atoms with Crippen LogP contribution in [0.15, 0.2) is 17.1 Å². The van der Waals surface area contributed by atoms with Crippen LogP contribution in [0.25, 0.3) is 0 Å². The van der Waals surface area contributed by atoms with E-state index in [1.54, 1.807) is 0 Å². The van der Waals surface area contributed by atoms with E-state index in [9.17, 15) is 9.90 Å². The summed E-state index contributed by atoms with van der Waals surface area (Å²) >= 11 is 0. The fourth-order valence-corrected chi connectivity index (χ4v) is 2.22. The van der Waals surface area contributed by atoms with Crippen LogP contribution in [0.4, 0.5) is 5.82 Å². The molecule has 1 aromatic heterocycles. The van der Waals surface area contributed by atoms with Gasteiger partial charge >= 0.3 is 5.69 Å². The first kappa shape index (κ1) is 11.1. The van der Waals surface area contributed by atoms with Crippen LogP contribution in [-0.4, -0.2) is 32.5 Å². The highest BCUT2D eigenvalue weighted by Gasteiger charge is 2.34. The van der Waals surface area contributed by atoms with Crippen LogP contribution in [0.2, 0.25) is 0 Å². The van der Waals surface area contributed by atoms with E-state index in [0.717, 1.165) is 0 Å². The smallest absolute Gasteiger partial charge is 0.349 e. The van der Waals surface area contributed by atoms with Gasteiger partial charge in [0.25, 0.3) is 0 Å². The van der Waals surface area contributed by atoms with Gasteiger partial charge in [-0.2, -0.15) is 4.98 Å². The molecule has 0 bridgehead atoms. The fourth-order valence-electron chi connectivity index (χ4n) is 2.22. The Morgan fingerprint density at radius 2 is 2.31 bits per heavy atom. The summed E-state index contributed by atoms with van der Waals surface area (Å²) < 4.78 is 1.39. The second kappa shape index (κ2) is 4.23. The minimum atomic E-state index is -0.611. The maximum atomic E-state index is 11.6. The highest BCUT2D eigenvalue weighted by molar-refractivity contribution is 5.23. The lowest BCUT2D eigenvalue weighted by atomic mass is 10.1. The summed E-state index contributed by atoms with van der Waals surface area (Å²) in [5, 5.41) is 18.8. The summed E-state index contributed by atoms with van der Waals surface area (Å²) in [4.78, 5) is 15.2. The van der Waals surface area contributed by atoms with Gasteiger partial charge in [-0.15, -0.1) is 0 Å². The van der Waals surface area contributed by atoms with Crippen molar-refractivity contribution in [2.75, 3.05) is 12.3 Å². The first-order valence-electron chi connectivity index (χ1n) is 5.25. The molecule has 1 aliphatic carbocycles. The lowest BCUT2D eigenvalue weighted by molar-refractivity contribution is 0.129.